The number of rotatable bonds is 3. The molecule has 2 aliphatic heterocycles. The van der Waals surface area contributed by atoms with Gasteiger partial charge in [0.15, 0.2) is 5.78 Å². The van der Waals surface area contributed by atoms with E-state index in [0.717, 1.165) is 0 Å². The number of fused-ring (bicyclic) bond motifs is 2. The third kappa shape index (κ3) is 3.31. The van der Waals surface area contributed by atoms with Gasteiger partial charge >= 0.3 is 0 Å². The summed E-state index contributed by atoms with van der Waals surface area (Å²) in [5.74, 6) is -0.633. The van der Waals surface area contributed by atoms with Gasteiger partial charge < -0.3 is 15.0 Å². The molecule has 0 aliphatic carbocycles. The third-order valence-corrected chi connectivity index (χ3v) is 5.76. The van der Waals surface area contributed by atoms with E-state index in [0.29, 0.717) is 17.9 Å². The first-order valence-corrected chi connectivity index (χ1v) is 9.86. The van der Waals surface area contributed by atoms with Crippen molar-refractivity contribution in [1.82, 2.24) is 19.6 Å². The van der Waals surface area contributed by atoms with E-state index in [2.05, 4.69) is 10.3 Å². The highest BCUT2D eigenvalue weighted by atomic mass is 16.5. The molecule has 0 radical (unpaired) electrons. The van der Waals surface area contributed by atoms with E-state index in [9.17, 15) is 14.4 Å². The van der Waals surface area contributed by atoms with Gasteiger partial charge in [-0.25, -0.2) is 4.98 Å². The van der Waals surface area contributed by atoms with Crippen LogP contribution in [0.2, 0.25) is 0 Å². The van der Waals surface area contributed by atoms with E-state index in [1.165, 1.54) is 6.20 Å². The van der Waals surface area contributed by atoms with Crippen LogP contribution in [-0.4, -0.2) is 63.2 Å². The predicted molar refractivity (Wildman–Crippen MR) is 105 cm³/mol. The molecule has 0 saturated carbocycles. The van der Waals surface area contributed by atoms with Crippen molar-refractivity contribution in [2.24, 2.45) is 11.3 Å². The fraction of sp³-hybridized carbons (Fsp3) is 0.524. The monoisotopic (exact) mass is 398 g/mol. The molecule has 0 bridgehead atoms. The topological polar surface area (TPSA) is 93.0 Å². The second-order valence-corrected chi connectivity index (χ2v) is 9.00. The van der Waals surface area contributed by atoms with Crippen LogP contribution >= 0.6 is 0 Å². The van der Waals surface area contributed by atoms with Crippen LogP contribution in [0, 0.1) is 11.3 Å². The van der Waals surface area contributed by atoms with Crippen LogP contribution in [0.5, 0.6) is 0 Å². The largest absolute Gasteiger partial charge is 0.367 e. The summed E-state index contributed by atoms with van der Waals surface area (Å²) in [6.45, 7) is 8.15. The summed E-state index contributed by atoms with van der Waals surface area (Å²) in [6.07, 6.45) is 2.99. The number of hydrogen-bond donors (Lipinski definition) is 1. The molecule has 2 aromatic rings. The van der Waals surface area contributed by atoms with Crippen molar-refractivity contribution in [3.05, 3.63) is 36.3 Å². The number of nitrogens with zero attached hydrogens (tertiary/aromatic N) is 3. The van der Waals surface area contributed by atoms with Gasteiger partial charge in [-0.3, -0.25) is 18.8 Å². The molecule has 2 aromatic heterocycles. The summed E-state index contributed by atoms with van der Waals surface area (Å²) in [5.41, 5.74) is 0.466. The van der Waals surface area contributed by atoms with Gasteiger partial charge in [-0.1, -0.05) is 33.8 Å². The molecule has 4 atom stereocenters. The van der Waals surface area contributed by atoms with Gasteiger partial charge in [0, 0.05) is 18.7 Å². The maximum atomic E-state index is 13.5. The predicted octanol–water partition coefficient (Wildman–Crippen LogP) is 1.29. The Hall–Kier alpha value is -2.74. The standard InChI is InChI=1S/C21H26N4O4/c1-12-10-25(16-14(26)11-29-17(12)16)20(28)18(21(2,3)4)23-19(27)13-9-22-15-7-5-6-8-24(13)15/h5-9,12,16-18H,10-11H2,1-4H3,(H,23,27)/t12-,16-,17-,18?/m1/s1. The van der Waals surface area contributed by atoms with E-state index in [-0.39, 0.29) is 36.2 Å². The molecular formula is C21H26N4O4. The first-order valence-electron chi connectivity index (χ1n) is 9.86. The Labute approximate surface area is 169 Å². The zero-order chi connectivity index (χ0) is 20.9. The minimum Gasteiger partial charge on any atom is -0.367 e. The zero-order valence-corrected chi connectivity index (χ0v) is 17.1. The molecule has 1 N–H and O–H groups in total. The molecule has 4 heterocycles. The average molecular weight is 398 g/mol. The molecule has 4 rings (SSSR count). The van der Waals surface area contributed by atoms with E-state index >= 15 is 0 Å². The zero-order valence-electron chi connectivity index (χ0n) is 17.1. The average Bonchev–Trinajstić information content (AvgIpc) is 3.34. The van der Waals surface area contributed by atoms with Gasteiger partial charge in [0.25, 0.3) is 5.91 Å². The Bertz CT molecular complexity index is 976. The first kappa shape index (κ1) is 19.6. The van der Waals surface area contributed by atoms with Crippen LogP contribution in [0.25, 0.3) is 5.65 Å². The molecule has 0 spiro atoms. The number of pyridine rings is 1. The van der Waals surface area contributed by atoms with Crippen molar-refractivity contribution in [1.29, 1.82) is 0 Å². The van der Waals surface area contributed by atoms with Crippen LogP contribution in [0.4, 0.5) is 0 Å². The van der Waals surface area contributed by atoms with Crippen molar-refractivity contribution in [3.8, 4) is 0 Å². The molecule has 0 aromatic carbocycles. The molecule has 2 saturated heterocycles. The summed E-state index contributed by atoms with van der Waals surface area (Å²) >= 11 is 0. The quantitative estimate of drug-likeness (QED) is 0.841. The lowest BCUT2D eigenvalue weighted by Gasteiger charge is -2.34. The second-order valence-electron chi connectivity index (χ2n) is 9.00. The van der Waals surface area contributed by atoms with Gasteiger partial charge in [0.1, 0.15) is 30.0 Å². The van der Waals surface area contributed by atoms with Gasteiger partial charge in [-0.05, 0) is 17.5 Å². The van der Waals surface area contributed by atoms with E-state index in [1.54, 1.807) is 21.6 Å². The van der Waals surface area contributed by atoms with Gasteiger partial charge in [0.2, 0.25) is 5.91 Å². The van der Waals surface area contributed by atoms with Crippen molar-refractivity contribution in [3.63, 3.8) is 0 Å². The fourth-order valence-corrected chi connectivity index (χ4v) is 4.24. The Morgan fingerprint density at radius 3 is 2.79 bits per heavy atom. The number of ether oxygens (including phenoxy) is 1. The highest BCUT2D eigenvalue weighted by Crippen LogP contribution is 2.33. The first-order chi connectivity index (χ1) is 13.7. The summed E-state index contributed by atoms with van der Waals surface area (Å²) in [7, 11) is 0. The number of Topliss-reactive ketones (excluding diaryl/α,β-unsaturated/α-hetero) is 1. The smallest absolute Gasteiger partial charge is 0.270 e. The van der Waals surface area contributed by atoms with E-state index in [4.69, 9.17) is 4.74 Å². The molecule has 154 valence electrons. The van der Waals surface area contributed by atoms with Crippen LogP contribution in [0.3, 0.4) is 0 Å². The Kier molecular flexibility index (Phi) is 4.69. The van der Waals surface area contributed by atoms with Crippen molar-refractivity contribution in [2.75, 3.05) is 13.2 Å². The molecule has 29 heavy (non-hydrogen) atoms. The number of ketones is 1. The number of nitrogens with one attached hydrogen (secondary N) is 1. The van der Waals surface area contributed by atoms with Crippen LogP contribution in [-0.2, 0) is 14.3 Å². The Morgan fingerprint density at radius 2 is 2.07 bits per heavy atom. The Morgan fingerprint density at radius 1 is 1.31 bits per heavy atom. The van der Waals surface area contributed by atoms with E-state index < -0.39 is 17.5 Å². The number of amides is 2. The van der Waals surface area contributed by atoms with Crippen molar-refractivity contribution < 1.29 is 19.1 Å². The van der Waals surface area contributed by atoms with Gasteiger partial charge in [0.05, 0.1) is 12.3 Å². The van der Waals surface area contributed by atoms with E-state index in [1.807, 2.05) is 39.8 Å². The SMILES string of the molecule is C[C@@H]1CN(C(=O)C(NC(=O)c2cnc3ccccn23)C(C)(C)C)[C@@H]2C(=O)CO[C@H]12. The number of aromatic nitrogens is 2. The lowest BCUT2D eigenvalue weighted by molar-refractivity contribution is -0.140. The summed E-state index contributed by atoms with van der Waals surface area (Å²) in [6, 6.07) is 4.12. The van der Waals surface area contributed by atoms with Crippen LogP contribution in [0.1, 0.15) is 38.2 Å². The fourth-order valence-electron chi connectivity index (χ4n) is 4.24. The molecule has 2 aliphatic rings. The highest BCUT2D eigenvalue weighted by Gasteiger charge is 2.52. The van der Waals surface area contributed by atoms with Gasteiger partial charge in [-0.15, -0.1) is 0 Å². The number of imidazole rings is 1. The lowest BCUT2D eigenvalue weighted by atomic mass is 9.85. The molecule has 2 amide bonds. The number of carbonyl (C=O) groups is 3. The second kappa shape index (κ2) is 6.95. The molecule has 1 unspecified atom stereocenters. The Balaban J connectivity index is 1.61. The minimum absolute atomic E-state index is 0.0395. The third-order valence-electron chi connectivity index (χ3n) is 5.76. The van der Waals surface area contributed by atoms with Crippen LogP contribution < -0.4 is 5.32 Å². The maximum absolute atomic E-state index is 13.5. The molecule has 8 nitrogen and oxygen atoms in total. The molecular weight excluding hydrogens is 372 g/mol. The number of carbonyl (C=O) groups excluding carboxylic acids is 3. The van der Waals surface area contributed by atoms with Crippen LogP contribution in [0.15, 0.2) is 30.6 Å². The molecule has 8 heteroatoms. The van der Waals surface area contributed by atoms with Crippen molar-refractivity contribution in [2.45, 2.75) is 45.9 Å². The summed E-state index contributed by atoms with van der Waals surface area (Å²) < 4.78 is 7.28. The maximum Gasteiger partial charge on any atom is 0.270 e. The number of likely N-dealkylation sites (tertiary alicyclic amines) is 1. The summed E-state index contributed by atoms with van der Waals surface area (Å²) in [4.78, 5) is 44.7. The minimum atomic E-state index is -0.788. The summed E-state index contributed by atoms with van der Waals surface area (Å²) in [5, 5.41) is 2.89. The number of hydrogen-bond acceptors (Lipinski definition) is 5. The lowest BCUT2D eigenvalue weighted by Crippen LogP contribution is -2.57. The molecule has 2 fully saturated rings. The van der Waals surface area contributed by atoms with Gasteiger partial charge in [-0.2, -0.15) is 0 Å². The normalized spacial score (nSPS) is 25.3. The van der Waals surface area contributed by atoms with Crippen molar-refractivity contribution >= 4 is 23.2 Å². The highest BCUT2D eigenvalue weighted by molar-refractivity contribution is 5.99.